The fraction of sp³-hybridized carbons (Fsp3) is 0.350. The van der Waals surface area contributed by atoms with Crippen LogP contribution in [0.1, 0.15) is 54.6 Å². The van der Waals surface area contributed by atoms with Gasteiger partial charge in [-0.2, -0.15) is 0 Å². The van der Waals surface area contributed by atoms with Crippen molar-refractivity contribution in [2.75, 3.05) is 0 Å². The van der Waals surface area contributed by atoms with E-state index in [1.54, 1.807) is 12.1 Å². The largest absolute Gasteiger partial charge is 0.508 e. The summed E-state index contributed by atoms with van der Waals surface area (Å²) in [6.07, 6.45) is 3.42. The molecule has 0 aliphatic carbocycles. The van der Waals surface area contributed by atoms with E-state index in [4.69, 9.17) is 0 Å². The van der Waals surface area contributed by atoms with E-state index in [0.717, 1.165) is 35.7 Å². The Balaban J connectivity index is 2.56. The summed E-state index contributed by atoms with van der Waals surface area (Å²) in [6.45, 7) is 6.23. The second-order valence-electron chi connectivity index (χ2n) is 6.18. The van der Waals surface area contributed by atoms with E-state index in [9.17, 15) is 14.3 Å². The van der Waals surface area contributed by atoms with Gasteiger partial charge < -0.3 is 5.11 Å². The minimum atomic E-state index is -0.401. The normalized spacial score (nSPS) is 14.0. The van der Waals surface area contributed by atoms with Gasteiger partial charge in [0.25, 0.3) is 0 Å². The lowest BCUT2D eigenvalue weighted by atomic mass is 9.89. The summed E-state index contributed by atoms with van der Waals surface area (Å²) < 4.78 is 13.4. The van der Waals surface area contributed by atoms with Gasteiger partial charge in [0.15, 0.2) is 6.29 Å². The van der Waals surface area contributed by atoms with E-state index in [1.807, 2.05) is 19.1 Å². The first-order chi connectivity index (χ1) is 11.5. The quantitative estimate of drug-likeness (QED) is 0.562. The van der Waals surface area contributed by atoms with Crippen LogP contribution in [0.3, 0.4) is 0 Å². The van der Waals surface area contributed by atoms with Crippen molar-refractivity contribution < 1.29 is 14.3 Å². The van der Waals surface area contributed by atoms with Crippen LogP contribution in [0.25, 0.3) is 0 Å². The highest BCUT2D eigenvalue weighted by atomic mass is 31.1. The van der Waals surface area contributed by atoms with E-state index in [1.165, 1.54) is 12.1 Å². The lowest BCUT2D eigenvalue weighted by Crippen LogP contribution is -2.24. The van der Waals surface area contributed by atoms with Crippen LogP contribution in [-0.2, 0) is 5.16 Å². The molecule has 0 aliphatic rings. The maximum absolute atomic E-state index is 13.4. The Morgan fingerprint density at radius 1 is 1.21 bits per heavy atom. The molecule has 0 radical (unpaired) electrons. The number of hydrogen-bond donors (Lipinski definition) is 1. The molecule has 0 amide bonds. The number of phenols is 1. The summed E-state index contributed by atoms with van der Waals surface area (Å²) in [5.74, 6) is -0.111. The van der Waals surface area contributed by atoms with Crippen molar-refractivity contribution >= 4 is 20.2 Å². The van der Waals surface area contributed by atoms with Gasteiger partial charge in [0, 0.05) is 16.3 Å². The third-order valence-electron chi connectivity index (χ3n) is 4.46. The second-order valence-corrected chi connectivity index (χ2v) is 7.93. The number of carbonyl (C=O) groups excluding carboxylic acids is 1. The molecule has 2 nitrogen and oxygen atoms in total. The van der Waals surface area contributed by atoms with Gasteiger partial charge in [0.05, 0.1) is 0 Å². The van der Waals surface area contributed by atoms with Gasteiger partial charge in [0.2, 0.25) is 0 Å². The first-order valence-corrected chi connectivity index (χ1v) is 9.28. The van der Waals surface area contributed by atoms with Crippen LogP contribution in [0.4, 0.5) is 4.39 Å². The number of carbonyl (C=O) groups is 1. The highest BCUT2D eigenvalue weighted by molar-refractivity contribution is 7.48. The number of benzene rings is 2. The number of aryl methyl sites for hydroxylation is 1. The molecule has 0 heterocycles. The Morgan fingerprint density at radius 3 is 2.58 bits per heavy atom. The molecule has 0 bridgehead atoms. The maximum Gasteiger partial charge on any atom is 0.150 e. The Morgan fingerprint density at radius 2 is 1.96 bits per heavy atom. The molecule has 128 valence electrons. The van der Waals surface area contributed by atoms with Crippen LogP contribution in [0.5, 0.6) is 5.75 Å². The highest BCUT2D eigenvalue weighted by Gasteiger charge is 2.33. The minimum Gasteiger partial charge on any atom is -0.508 e. The summed E-state index contributed by atoms with van der Waals surface area (Å²) in [4.78, 5) is 11.4. The average molecular weight is 346 g/mol. The van der Waals surface area contributed by atoms with Crippen LogP contribution in [0.2, 0.25) is 0 Å². The van der Waals surface area contributed by atoms with Crippen molar-refractivity contribution in [2.24, 2.45) is 0 Å². The molecule has 0 spiro atoms. The predicted octanol–water partition coefficient (Wildman–Crippen LogP) is 5.06. The summed E-state index contributed by atoms with van der Waals surface area (Å²) in [5, 5.41) is 11.1. The molecule has 0 saturated heterocycles. The van der Waals surface area contributed by atoms with E-state index in [2.05, 4.69) is 13.8 Å². The van der Waals surface area contributed by atoms with Crippen LogP contribution in [0, 0.1) is 12.7 Å². The van der Waals surface area contributed by atoms with Crippen LogP contribution in [-0.4, -0.2) is 11.4 Å². The number of phenolic OH excluding ortho intramolecular Hbond substituents is 1. The molecule has 4 heteroatoms. The third-order valence-corrected chi connectivity index (χ3v) is 6.54. The van der Waals surface area contributed by atoms with E-state index in [-0.39, 0.29) is 19.5 Å². The molecule has 0 saturated carbocycles. The molecule has 0 fully saturated rings. The van der Waals surface area contributed by atoms with Crippen molar-refractivity contribution in [3.8, 4) is 5.75 Å². The second kappa shape index (κ2) is 7.90. The fourth-order valence-corrected chi connectivity index (χ4v) is 5.03. The monoisotopic (exact) mass is 346 g/mol. The van der Waals surface area contributed by atoms with Gasteiger partial charge in [-0.1, -0.05) is 52.6 Å². The van der Waals surface area contributed by atoms with Gasteiger partial charge in [-0.15, -0.1) is 0 Å². The zero-order valence-corrected chi connectivity index (χ0v) is 15.4. The van der Waals surface area contributed by atoms with E-state index < -0.39 is 5.82 Å². The molecule has 2 rings (SSSR count). The topological polar surface area (TPSA) is 37.3 Å². The van der Waals surface area contributed by atoms with Gasteiger partial charge in [-0.25, -0.2) is 4.39 Å². The third kappa shape index (κ3) is 3.84. The molecule has 24 heavy (non-hydrogen) atoms. The predicted molar refractivity (Wildman–Crippen MR) is 99.5 cm³/mol. The SMILES string of the molecule is CCCC(CC)(Pc1ccc(F)cc1C=O)c1cc(C)ccc1O. The zero-order valence-electron chi connectivity index (χ0n) is 14.4. The Kier molecular flexibility index (Phi) is 6.12. The fourth-order valence-electron chi connectivity index (χ4n) is 3.18. The molecule has 2 aromatic rings. The van der Waals surface area contributed by atoms with Crippen molar-refractivity contribution in [1.29, 1.82) is 0 Å². The van der Waals surface area contributed by atoms with E-state index in [0.29, 0.717) is 11.8 Å². The molecular weight excluding hydrogens is 322 g/mol. The molecule has 0 aliphatic heterocycles. The van der Waals surface area contributed by atoms with Crippen molar-refractivity contribution in [1.82, 2.24) is 0 Å². The number of halogens is 1. The summed E-state index contributed by atoms with van der Waals surface area (Å²) in [6, 6.07) is 10.1. The standard InChI is InChI=1S/C20H24FO2P/c1-4-10-20(5-2,17-11-14(3)6-8-18(17)23)24-19-9-7-16(21)12-15(19)13-22/h6-9,11-13,23-24H,4-5,10H2,1-3H3. The lowest BCUT2D eigenvalue weighted by molar-refractivity contribution is 0.112. The summed E-state index contributed by atoms with van der Waals surface area (Å²) in [5.41, 5.74) is 2.41. The minimum absolute atomic E-state index is 0.250. The first kappa shape index (κ1) is 18.6. The number of aromatic hydroxyl groups is 1. The Hall–Kier alpha value is -1.73. The Bertz CT molecular complexity index is 730. The summed E-state index contributed by atoms with van der Waals surface area (Å²) >= 11 is 0. The molecule has 1 N–H and O–H groups in total. The highest BCUT2D eigenvalue weighted by Crippen LogP contribution is 2.51. The van der Waals surface area contributed by atoms with Gasteiger partial charge in [0.1, 0.15) is 11.6 Å². The van der Waals surface area contributed by atoms with Crippen LogP contribution in [0.15, 0.2) is 36.4 Å². The first-order valence-electron chi connectivity index (χ1n) is 8.28. The zero-order chi connectivity index (χ0) is 17.7. The van der Waals surface area contributed by atoms with Crippen molar-refractivity contribution in [2.45, 2.75) is 45.2 Å². The summed E-state index contributed by atoms with van der Waals surface area (Å²) in [7, 11) is 0.287. The number of rotatable bonds is 7. The number of hydrogen-bond acceptors (Lipinski definition) is 2. The van der Waals surface area contributed by atoms with Gasteiger partial charge >= 0.3 is 0 Å². The van der Waals surface area contributed by atoms with Gasteiger partial charge in [-0.05, 0) is 43.3 Å². The molecule has 2 atom stereocenters. The smallest absolute Gasteiger partial charge is 0.150 e. The maximum atomic E-state index is 13.4. The van der Waals surface area contributed by atoms with Gasteiger partial charge in [-0.3, -0.25) is 4.79 Å². The number of aldehydes is 1. The van der Waals surface area contributed by atoms with Crippen LogP contribution < -0.4 is 5.30 Å². The molecule has 2 unspecified atom stereocenters. The van der Waals surface area contributed by atoms with Crippen LogP contribution >= 0.6 is 8.58 Å². The average Bonchev–Trinajstić information content (AvgIpc) is 2.58. The molecule has 2 aromatic carbocycles. The van der Waals surface area contributed by atoms with E-state index >= 15 is 0 Å². The molecule has 0 aromatic heterocycles. The van der Waals surface area contributed by atoms with Crippen molar-refractivity contribution in [3.05, 3.63) is 58.9 Å². The molecular formula is C20H24FO2P. The lowest BCUT2D eigenvalue weighted by Gasteiger charge is -2.35. The Labute approximate surface area is 144 Å². The van der Waals surface area contributed by atoms with Crippen molar-refractivity contribution in [3.63, 3.8) is 0 Å².